The minimum absolute atomic E-state index is 0.175. The van der Waals surface area contributed by atoms with Crippen molar-refractivity contribution in [2.75, 3.05) is 13.2 Å². The Hall–Kier alpha value is -1.30. The molecule has 5 N–H and O–H groups in total. The lowest BCUT2D eigenvalue weighted by atomic mass is 9.95. The van der Waals surface area contributed by atoms with Gasteiger partial charge in [0.1, 0.15) is 24.0 Å². The zero-order valence-corrected chi connectivity index (χ0v) is 20.1. The quantitative estimate of drug-likeness (QED) is 0.187. The molecule has 3 heterocycles. The number of phosphoric acid groups is 2. The molecule has 0 aliphatic carbocycles. The maximum atomic E-state index is 12.0. The largest absolute Gasteiger partial charge is 0.756 e. The first-order chi connectivity index (χ1) is 16.1. The van der Waals surface area contributed by atoms with Gasteiger partial charge in [0.2, 0.25) is 0 Å². The molecule has 200 valence electrons. The van der Waals surface area contributed by atoms with E-state index in [-0.39, 0.29) is 12.0 Å². The van der Waals surface area contributed by atoms with E-state index in [1.165, 1.54) is 20.0 Å². The van der Waals surface area contributed by atoms with Crippen molar-refractivity contribution >= 4 is 15.6 Å². The lowest BCUT2D eigenvalue weighted by Crippen LogP contribution is -2.50. The fourth-order valence-electron chi connectivity index (χ4n) is 3.47. The van der Waals surface area contributed by atoms with E-state index in [9.17, 15) is 48.9 Å². The third-order valence-electron chi connectivity index (χ3n) is 5.56. The Bertz CT molecular complexity index is 1140. The molecule has 3 rings (SSSR count). The fraction of sp³-hybridized carbons (Fsp3) is 0.750. The molecule has 17 nitrogen and oxygen atoms in total. The Labute approximate surface area is 196 Å². The summed E-state index contributed by atoms with van der Waals surface area (Å²) in [6.07, 6.45) is -8.20. The second-order valence-electron chi connectivity index (χ2n) is 8.03. The lowest BCUT2D eigenvalue weighted by Gasteiger charge is -2.33. The van der Waals surface area contributed by atoms with Gasteiger partial charge in [-0.3, -0.25) is 28.0 Å². The summed E-state index contributed by atoms with van der Waals surface area (Å²) in [6, 6.07) is 0. The van der Waals surface area contributed by atoms with E-state index in [1.807, 2.05) is 4.98 Å². The van der Waals surface area contributed by atoms with E-state index >= 15 is 0 Å². The van der Waals surface area contributed by atoms with Gasteiger partial charge >= 0.3 is 5.69 Å². The Morgan fingerprint density at radius 1 is 1.26 bits per heavy atom. The first kappa shape index (κ1) is 28.3. The Morgan fingerprint density at radius 3 is 2.51 bits per heavy atom. The standard InChI is InChI=1S/C16H26N2O15P2/c1-7-4-18(15(23)17-13(7)22)11-3-9(20)10(31-11)5-29-34(25,26)33-35(27,28)32-14-12(21)16(24,6-19)8(2)30-14/h4,8-12,14,19-21,24H,3,5-6H2,1-2H3,(H,25,26)(H,27,28)(H,17,22,23)/p-2/t8-,9-,10+,11+,12-,14+,16+/m0/s1. The van der Waals surface area contributed by atoms with Gasteiger partial charge in [0, 0.05) is 18.2 Å². The number of nitrogens with zero attached hydrogens (tertiary/aromatic N) is 1. The van der Waals surface area contributed by atoms with Crippen LogP contribution in [0.5, 0.6) is 0 Å². The summed E-state index contributed by atoms with van der Waals surface area (Å²) in [5.41, 5.74) is -3.56. The highest BCUT2D eigenvalue weighted by atomic mass is 31.3. The predicted molar refractivity (Wildman–Crippen MR) is 106 cm³/mol. The third kappa shape index (κ3) is 6.17. The van der Waals surface area contributed by atoms with Gasteiger partial charge in [0.25, 0.3) is 21.2 Å². The summed E-state index contributed by atoms with van der Waals surface area (Å²) in [4.78, 5) is 49.5. The van der Waals surface area contributed by atoms with Gasteiger partial charge in [-0.1, -0.05) is 0 Å². The van der Waals surface area contributed by atoms with E-state index < -0.39 is 82.6 Å². The maximum Gasteiger partial charge on any atom is 0.330 e. The first-order valence-corrected chi connectivity index (χ1v) is 13.0. The third-order valence-corrected chi connectivity index (χ3v) is 8.09. The molecule has 2 saturated heterocycles. The lowest BCUT2D eigenvalue weighted by molar-refractivity contribution is -0.258. The number of aryl methyl sites for hydroxylation is 1. The topological polar surface area (TPSA) is 262 Å². The van der Waals surface area contributed by atoms with Crippen LogP contribution >= 0.6 is 15.6 Å². The van der Waals surface area contributed by atoms with Crippen LogP contribution in [-0.4, -0.2) is 79.5 Å². The van der Waals surface area contributed by atoms with Crippen LogP contribution in [0, 0.1) is 6.92 Å². The summed E-state index contributed by atoms with van der Waals surface area (Å²) in [5.74, 6) is 0. The van der Waals surface area contributed by atoms with Crippen LogP contribution in [0.3, 0.4) is 0 Å². The zero-order chi connectivity index (χ0) is 26.3. The van der Waals surface area contributed by atoms with Crippen LogP contribution in [0.25, 0.3) is 0 Å². The summed E-state index contributed by atoms with van der Waals surface area (Å²) in [5, 5.41) is 39.3. The average molecular weight is 546 g/mol. The molecule has 2 fully saturated rings. The highest BCUT2D eigenvalue weighted by Crippen LogP contribution is 2.57. The van der Waals surface area contributed by atoms with Crippen molar-refractivity contribution in [2.24, 2.45) is 0 Å². The number of ether oxygens (including phenoxy) is 2. The van der Waals surface area contributed by atoms with Crippen molar-refractivity contribution in [1.82, 2.24) is 9.55 Å². The zero-order valence-electron chi connectivity index (χ0n) is 18.3. The number of nitrogens with one attached hydrogen (secondary N) is 1. The van der Waals surface area contributed by atoms with Gasteiger partial charge < -0.3 is 44.2 Å². The van der Waals surface area contributed by atoms with E-state index in [4.69, 9.17) is 9.47 Å². The average Bonchev–Trinajstić information content (AvgIpc) is 3.21. The van der Waals surface area contributed by atoms with Crippen molar-refractivity contribution in [3.8, 4) is 0 Å². The Kier molecular flexibility index (Phi) is 8.26. The minimum atomic E-state index is -5.76. The summed E-state index contributed by atoms with van der Waals surface area (Å²) in [6.45, 7) is 0.691. The second-order valence-corrected chi connectivity index (χ2v) is 10.9. The first-order valence-electron chi connectivity index (χ1n) is 10.1. The van der Waals surface area contributed by atoms with Crippen LogP contribution in [0.15, 0.2) is 15.8 Å². The number of hydrogen-bond acceptors (Lipinski definition) is 15. The predicted octanol–water partition coefficient (Wildman–Crippen LogP) is -3.69. The molecule has 2 aliphatic heterocycles. The van der Waals surface area contributed by atoms with Gasteiger partial charge in [-0.2, -0.15) is 0 Å². The molecular weight excluding hydrogens is 522 g/mol. The molecule has 1 aromatic rings. The van der Waals surface area contributed by atoms with Crippen LogP contribution in [-0.2, 0) is 32.0 Å². The number of aliphatic hydroxyl groups is 4. The maximum absolute atomic E-state index is 12.0. The van der Waals surface area contributed by atoms with Gasteiger partial charge in [-0.25, -0.2) is 9.11 Å². The molecule has 0 amide bonds. The molecule has 0 spiro atoms. The van der Waals surface area contributed by atoms with E-state index in [0.717, 1.165) is 4.57 Å². The summed E-state index contributed by atoms with van der Waals surface area (Å²) < 4.78 is 48.0. The number of phosphoric ester groups is 2. The van der Waals surface area contributed by atoms with Crippen LogP contribution in [0.2, 0.25) is 0 Å². The molecule has 0 saturated carbocycles. The fourth-order valence-corrected chi connectivity index (χ4v) is 5.54. The molecular formula is C16H24N2O15P2-2. The summed E-state index contributed by atoms with van der Waals surface area (Å²) >= 11 is 0. The Balaban J connectivity index is 1.59. The molecule has 35 heavy (non-hydrogen) atoms. The SMILES string of the molecule is Cc1cn([C@H]2C[C@H](O)[C@@H](COP(=O)([O-])OP(=O)([O-])O[C@H]3O[C@@H](C)[C@](O)(CO)[C@H]3O)O2)c(=O)[nH]c1=O. The molecule has 0 aromatic carbocycles. The van der Waals surface area contributed by atoms with Gasteiger partial charge in [0.05, 0.1) is 25.4 Å². The van der Waals surface area contributed by atoms with Gasteiger partial charge in [-0.05, 0) is 13.8 Å². The van der Waals surface area contributed by atoms with Crippen LogP contribution in [0.4, 0.5) is 0 Å². The molecule has 0 bridgehead atoms. The van der Waals surface area contributed by atoms with E-state index in [1.54, 1.807) is 0 Å². The second kappa shape index (κ2) is 10.2. The molecule has 9 atom stereocenters. The number of aromatic amines is 1. The number of aliphatic hydroxyl groups excluding tert-OH is 3. The normalized spacial score (nSPS) is 36.7. The Morgan fingerprint density at radius 2 is 1.91 bits per heavy atom. The highest BCUT2D eigenvalue weighted by Gasteiger charge is 2.54. The number of hydrogen-bond donors (Lipinski definition) is 5. The van der Waals surface area contributed by atoms with Crippen molar-refractivity contribution in [3.63, 3.8) is 0 Å². The van der Waals surface area contributed by atoms with Crippen LogP contribution < -0.4 is 21.0 Å². The van der Waals surface area contributed by atoms with Gasteiger partial charge in [-0.15, -0.1) is 0 Å². The highest BCUT2D eigenvalue weighted by molar-refractivity contribution is 7.59. The number of rotatable bonds is 9. The van der Waals surface area contributed by atoms with E-state index in [2.05, 4.69) is 13.4 Å². The number of H-pyrrole nitrogens is 1. The van der Waals surface area contributed by atoms with Crippen molar-refractivity contribution < 1.29 is 62.2 Å². The van der Waals surface area contributed by atoms with Crippen molar-refractivity contribution in [1.29, 1.82) is 0 Å². The van der Waals surface area contributed by atoms with Crippen molar-refractivity contribution in [2.45, 2.75) is 62.8 Å². The van der Waals surface area contributed by atoms with E-state index in [0.29, 0.717) is 0 Å². The summed E-state index contributed by atoms with van der Waals surface area (Å²) in [7, 11) is -11.4. The molecule has 2 unspecified atom stereocenters. The molecule has 0 radical (unpaired) electrons. The monoisotopic (exact) mass is 546 g/mol. The smallest absolute Gasteiger partial charge is 0.330 e. The molecule has 19 heteroatoms. The van der Waals surface area contributed by atoms with Crippen molar-refractivity contribution in [3.05, 3.63) is 32.6 Å². The number of aromatic nitrogens is 2. The minimum Gasteiger partial charge on any atom is -0.756 e. The molecule has 1 aromatic heterocycles. The van der Waals surface area contributed by atoms with Crippen LogP contribution in [0.1, 0.15) is 25.1 Å². The molecule has 2 aliphatic rings. The van der Waals surface area contributed by atoms with Gasteiger partial charge in [0.15, 0.2) is 6.29 Å².